The van der Waals surface area contributed by atoms with E-state index in [2.05, 4.69) is 5.32 Å². The van der Waals surface area contributed by atoms with E-state index in [1.165, 1.54) is 24.1 Å². The number of ether oxygens (including phenoxy) is 1. The molecule has 1 saturated heterocycles. The second kappa shape index (κ2) is 6.57. The van der Waals surface area contributed by atoms with E-state index in [-0.39, 0.29) is 19.0 Å². The largest absolute Gasteiger partial charge is 0.416 e. The number of nitrogens with one attached hydrogen (secondary N) is 1. The van der Waals surface area contributed by atoms with E-state index in [1.807, 2.05) is 0 Å². The highest BCUT2D eigenvalue weighted by atomic mass is 19.4. The van der Waals surface area contributed by atoms with Crippen molar-refractivity contribution in [3.63, 3.8) is 0 Å². The summed E-state index contributed by atoms with van der Waals surface area (Å²) < 4.78 is 42.9. The van der Waals surface area contributed by atoms with Crippen LogP contribution in [0.1, 0.15) is 24.1 Å². The number of nitrogens with zero attached hydrogens (tertiary/aromatic N) is 1. The summed E-state index contributed by atoms with van der Waals surface area (Å²) in [5, 5.41) is 2.62. The minimum Gasteiger partial charge on any atom is -0.372 e. The van der Waals surface area contributed by atoms with Gasteiger partial charge in [-0.2, -0.15) is 13.2 Å². The van der Waals surface area contributed by atoms with Crippen LogP contribution in [0.25, 0.3) is 0 Å². The Morgan fingerprint density at radius 1 is 1.35 bits per heavy atom. The van der Waals surface area contributed by atoms with Crippen LogP contribution in [0.15, 0.2) is 24.3 Å². The molecule has 0 spiro atoms. The second-order valence-corrected chi connectivity index (χ2v) is 5.22. The van der Waals surface area contributed by atoms with E-state index in [9.17, 15) is 22.8 Å². The smallest absolute Gasteiger partial charge is 0.372 e. The topological polar surface area (TPSA) is 58.6 Å². The van der Waals surface area contributed by atoms with Crippen molar-refractivity contribution in [2.75, 3.05) is 20.2 Å². The third-order valence-corrected chi connectivity index (χ3v) is 3.75. The van der Waals surface area contributed by atoms with Crippen molar-refractivity contribution in [1.29, 1.82) is 0 Å². The van der Waals surface area contributed by atoms with Crippen molar-refractivity contribution in [3.8, 4) is 0 Å². The summed E-state index contributed by atoms with van der Waals surface area (Å²) >= 11 is 0. The van der Waals surface area contributed by atoms with Crippen LogP contribution in [0.4, 0.5) is 13.2 Å². The van der Waals surface area contributed by atoms with Gasteiger partial charge in [-0.3, -0.25) is 9.59 Å². The molecular weight excluding hydrogens is 313 g/mol. The van der Waals surface area contributed by atoms with Crippen LogP contribution in [0.2, 0.25) is 0 Å². The van der Waals surface area contributed by atoms with Crippen LogP contribution < -0.4 is 5.32 Å². The van der Waals surface area contributed by atoms with Gasteiger partial charge in [-0.25, -0.2) is 0 Å². The van der Waals surface area contributed by atoms with Gasteiger partial charge in [-0.15, -0.1) is 0 Å². The number of amides is 2. The summed E-state index contributed by atoms with van der Waals surface area (Å²) in [6.07, 6.45) is -5.19. The molecule has 1 aromatic rings. The molecule has 0 unspecified atom stereocenters. The maximum atomic E-state index is 12.6. The molecule has 1 heterocycles. The van der Waals surface area contributed by atoms with Gasteiger partial charge in [0, 0.05) is 20.2 Å². The van der Waals surface area contributed by atoms with Crippen LogP contribution in [0.5, 0.6) is 0 Å². The first kappa shape index (κ1) is 17.3. The number of carbonyl (C=O) groups is 2. The molecule has 0 aliphatic carbocycles. The monoisotopic (exact) mass is 330 g/mol. The zero-order valence-corrected chi connectivity index (χ0v) is 12.7. The first-order valence-electron chi connectivity index (χ1n) is 7.04. The molecule has 0 saturated carbocycles. The van der Waals surface area contributed by atoms with Gasteiger partial charge in [0.15, 0.2) is 0 Å². The highest BCUT2D eigenvalue weighted by Gasteiger charge is 2.37. The molecule has 8 heteroatoms. The summed E-state index contributed by atoms with van der Waals surface area (Å²) in [5.74, 6) is -0.806. The van der Waals surface area contributed by atoms with Crippen molar-refractivity contribution in [2.45, 2.75) is 25.2 Å². The molecule has 1 N–H and O–H groups in total. The van der Waals surface area contributed by atoms with Gasteiger partial charge in [0.2, 0.25) is 5.91 Å². The van der Waals surface area contributed by atoms with Crippen molar-refractivity contribution in [1.82, 2.24) is 10.2 Å². The van der Waals surface area contributed by atoms with Gasteiger partial charge in [0.1, 0.15) is 12.1 Å². The third kappa shape index (κ3) is 3.64. The van der Waals surface area contributed by atoms with Crippen LogP contribution in [0.3, 0.4) is 0 Å². The number of benzene rings is 1. The van der Waals surface area contributed by atoms with Gasteiger partial charge in [-0.05, 0) is 24.6 Å². The summed E-state index contributed by atoms with van der Waals surface area (Å²) in [4.78, 5) is 25.8. The number of methoxy groups -OCH3 is 1. The number of alkyl halides is 3. The maximum Gasteiger partial charge on any atom is 0.416 e. The lowest BCUT2D eigenvalue weighted by molar-refractivity contribution is -0.150. The minimum absolute atomic E-state index is 0.268. The lowest BCUT2D eigenvalue weighted by Crippen LogP contribution is -2.54. The Kier molecular flexibility index (Phi) is 4.93. The predicted octanol–water partition coefficient (Wildman–Crippen LogP) is 1.74. The molecule has 0 bridgehead atoms. The van der Waals surface area contributed by atoms with Crippen molar-refractivity contribution >= 4 is 11.8 Å². The third-order valence-electron chi connectivity index (χ3n) is 3.75. The van der Waals surface area contributed by atoms with Crippen molar-refractivity contribution in [2.24, 2.45) is 0 Å². The van der Waals surface area contributed by atoms with Gasteiger partial charge in [-0.1, -0.05) is 12.1 Å². The zero-order valence-electron chi connectivity index (χ0n) is 12.7. The highest BCUT2D eigenvalue weighted by Crippen LogP contribution is 2.31. The first-order valence-corrected chi connectivity index (χ1v) is 7.04. The number of piperazine rings is 1. The Hall–Kier alpha value is -2.09. The Bertz CT molecular complexity index is 587. The maximum absolute atomic E-state index is 12.6. The average Bonchev–Trinajstić information content (AvgIpc) is 2.52. The quantitative estimate of drug-likeness (QED) is 0.918. The highest BCUT2D eigenvalue weighted by molar-refractivity contribution is 5.91. The van der Waals surface area contributed by atoms with E-state index in [0.29, 0.717) is 5.56 Å². The molecule has 1 fully saturated rings. The summed E-state index contributed by atoms with van der Waals surface area (Å²) in [5.41, 5.74) is -0.479. The van der Waals surface area contributed by atoms with Gasteiger partial charge in [0.25, 0.3) is 5.91 Å². The van der Waals surface area contributed by atoms with Crippen LogP contribution in [-0.2, 0) is 20.5 Å². The molecule has 1 aliphatic heterocycles. The van der Waals surface area contributed by atoms with Gasteiger partial charge in [0.05, 0.1) is 5.56 Å². The fraction of sp³-hybridized carbons (Fsp3) is 0.467. The SMILES string of the molecule is CO[C@H](C)C(=O)N1CCNC(=O)[C@@H]1c1ccc(C(F)(F)F)cc1. The number of rotatable bonds is 3. The van der Waals surface area contributed by atoms with E-state index in [0.717, 1.165) is 12.1 Å². The van der Waals surface area contributed by atoms with Gasteiger partial charge < -0.3 is 15.0 Å². The van der Waals surface area contributed by atoms with Gasteiger partial charge >= 0.3 is 6.18 Å². The van der Waals surface area contributed by atoms with E-state index in [1.54, 1.807) is 6.92 Å². The minimum atomic E-state index is -4.45. The normalized spacial score (nSPS) is 20.1. The van der Waals surface area contributed by atoms with Crippen molar-refractivity contribution in [3.05, 3.63) is 35.4 Å². The summed E-state index contributed by atoms with van der Waals surface area (Å²) in [6, 6.07) is 3.28. The number of halogens is 3. The van der Waals surface area contributed by atoms with E-state index >= 15 is 0 Å². The Morgan fingerprint density at radius 2 is 1.96 bits per heavy atom. The van der Waals surface area contributed by atoms with Crippen molar-refractivity contribution < 1.29 is 27.5 Å². The van der Waals surface area contributed by atoms with E-state index < -0.39 is 29.8 Å². The molecule has 2 amide bonds. The molecule has 0 aromatic heterocycles. The lowest BCUT2D eigenvalue weighted by Gasteiger charge is -2.36. The number of hydrogen-bond donors (Lipinski definition) is 1. The lowest BCUT2D eigenvalue weighted by atomic mass is 10.00. The first-order chi connectivity index (χ1) is 10.8. The standard InChI is InChI=1S/C15H17F3N2O3/c1-9(23-2)14(22)20-8-7-19-13(21)12(20)10-3-5-11(6-4-10)15(16,17)18/h3-6,9,12H,7-8H2,1-2H3,(H,19,21)/t9-,12+/m1/s1. The van der Waals surface area contributed by atoms with Crippen LogP contribution >= 0.6 is 0 Å². The molecule has 1 aliphatic rings. The second-order valence-electron chi connectivity index (χ2n) is 5.22. The molecule has 23 heavy (non-hydrogen) atoms. The summed E-state index contributed by atoms with van der Waals surface area (Å²) in [6.45, 7) is 2.11. The zero-order chi connectivity index (χ0) is 17.2. The molecule has 2 rings (SSSR count). The molecule has 1 aromatic carbocycles. The molecule has 126 valence electrons. The fourth-order valence-corrected chi connectivity index (χ4v) is 2.42. The van der Waals surface area contributed by atoms with E-state index in [4.69, 9.17) is 4.74 Å². The fourth-order valence-electron chi connectivity index (χ4n) is 2.42. The Morgan fingerprint density at radius 3 is 2.48 bits per heavy atom. The Labute approximate surface area is 131 Å². The molecule has 5 nitrogen and oxygen atoms in total. The molecule has 2 atom stereocenters. The summed E-state index contributed by atoms with van der Waals surface area (Å²) in [7, 11) is 1.37. The average molecular weight is 330 g/mol. The van der Waals surface area contributed by atoms with Crippen LogP contribution in [0, 0.1) is 0 Å². The Balaban J connectivity index is 2.32. The number of hydrogen-bond acceptors (Lipinski definition) is 3. The van der Waals surface area contributed by atoms with Crippen LogP contribution in [-0.4, -0.2) is 43.0 Å². The molecule has 0 radical (unpaired) electrons. The predicted molar refractivity (Wildman–Crippen MR) is 75.4 cm³/mol. The number of carbonyl (C=O) groups excluding carboxylic acids is 2. The molecular formula is C15H17F3N2O3.